The van der Waals surface area contributed by atoms with Crippen LogP contribution in [0, 0.1) is 5.95 Å². The maximum atomic E-state index is 12.8. The summed E-state index contributed by atoms with van der Waals surface area (Å²) in [4.78, 5) is 7.50. The number of aliphatic hydroxyl groups is 1. The Hall–Kier alpha value is -1.03. The van der Waals surface area contributed by atoms with Crippen LogP contribution in [-0.2, 0) is 12.0 Å². The average Bonchev–Trinajstić information content (AvgIpc) is 2.20. The summed E-state index contributed by atoms with van der Waals surface area (Å²) in [5.74, 6) is -0.699. The normalized spacial score (nSPS) is 10.6. The van der Waals surface area contributed by atoms with Gasteiger partial charge in [0.05, 0.1) is 18.5 Å². The molecule has 0 amide bonds. The minimum absolute atomic E-state index is 0.00688. The molecule has 0 aliphatic carbocycles. The van der Waals surface area contributed by atoms with Gasteiger partial charge in [-0.25, -0.2) is 9.97 Å². The quantitative estimate of drug-likeness (QED) is 0.781. The Morgan fingerprint density at radius 3 is 2.27 bits per heavy atom. The first-order valence-electron chi connectivity index (χ1n) is 5.08. The zero-order chi connectivity index (χ0) is 12.1. The molecule has 86 valence electrons. The van der Waals surface area contributed by atoms with Gasteiger partial charge in [0, 0.05) is 5.41 Å². The van der Waals surface area contributed by atoms with Gasteiger partial charge in [-0.2, -0.15) is 4.39 Å². The second-order valence-electron chi connectivity index (χ2n) is 3.90. The summed E-state index contributed by atoms with van der Waals surface area (Å²) in [5.41, 5.74) is 0.510. The van der Waals surface area contributed by atoms with E-state index < -0.39 is 12.6 Å². The summed E-state index contributed by atoms with van der Waals surface area (Å²) < 4.78 is 12.8. The first-order chi connectivity index (χ1) is 6.95. The summed E-state index contributed by atoms with van der Waals surface area (Å²) in [7, 11) is 0. The predicted octanol–water partition coefficient (Wildman–Crippen LogP) is 2.43. The Morgan fingerprint density at radius 2 is 1.87 bits per heavy atom. The highest BCUT2D eigenvalue weighted by Gasteiger charge is 2.17. The van der Waals surface area contributed by atoms with E-state index in [-0.39, 0.29) is 11.1 Å². The van der Waals surface area contributed by atoms with Gasteiger partial charge in [-0.1, -0.05) is 34.6 Å². The van der Waals surface area contributed by atoms with E-state index in [9.17, 15) is 4.39 Å². The first kappa shape index (κ1) is 14.0. The van der Waals surface area contributed by atoms with Crippen LogP contribution in [0.4, 0.5) is 4.39 Å². The molecule has 0 spiro atoms. The molecule has 1 N–H and O–H groups in total. The van der Waals surface area contributed by atoms with Crippen molar-refractivity contribution in [2.24, 2.45) is 0 Å². The maximum absolute atomic E-state index is 12.8. The highest BCUT2D eigenvalue weighted by Crippen LogP contribution is 2.19. The van der Waals surface area contributed by atoms with Crippen molar-refractivity contribution < 1.29 is 9.50 Å². The van der Waals surface area contributed by atoms with Crippen LogP contribution in [0.5, 0.6) is 0 Å². The topological polar surface area (TPSA) is 46.0 Å². The molecule has 0 saturated carbocycles. The lowest BCUT2D eigenvalue weighted by molar-refractivity contribution is 0.266. The lowest BCUT2D eigenvalue weighted by Crippen LogP contribution is -2.16. The van der Waals surface area contributed by atoms with Crippen molar-refractivity contribution in [3.8, 4) is 0 Å². The van der Waals surface area contributed by atoms with Crippen molar-refractivity contribution in [1.29, 1.82) is 0 Å². The highest BCUT2D eigenvalue weighted by atomic mass is 19.1. The first-order valence-corrected chi connectivity index (χ1v) is 5.08. The van der Waals surface area contributed by atoms with E-state index in [0.717, 1.165) is 0 Å². The zero-order valence-electron chi connectivity index (χ0n) is 10.0. The number of aliphatic hydroxyl groups excluding tert-OH is 1. The van der Waals surface area contributed by atoms with Crippen LogP contribution in [0.2, 0.25) is 0 Å². The lowest BCUT2D eigenvalue weighted by atomic mass is 9.93. The van der Waals surface area contributed by atoms with E-state index in [1.54, 1.807) is 0 Å². The van der Waals surface area contributed by atoms with E-state index in [0.29, 0.717) is 5.69 Å². The molecule has 1 heterocycles. The van der Waals surface area contributed by atoms with E-state index in [4.69, 9.17) is 5.11 Å². The average molecular weight is 214 g/mol. The smallest absolute Gasteiger partial charge is 0.236 e. The molecule has 1 aromatic heterocycles. The largest absolute Gasteiger partial charge is 0.390 e. The fraction of sp³-hybridized carbons (Fsp3) is 0.636. The van der Waals surface area contributed by atoms with Gasteiger partial charge in [0.25, 0.3) is 0 Å². The van der Waals surface area contributed by atoms with E-state index in [2.05, 4.69) is 9.97 Å². The Balaban J connectivity index is 0.000000921. The van der Waals surface area contributed by atoms with Crippen molar-refractivity contribution in [1.82, 2.24) is 9.97 Å². The van der Waals surface area contributed by atoms with Crippen molar-refractivity contribution in [3.05, 3.63) is 23.5 Å². The third-order valence-electron chi connectivity index (χ3n) is 1.71. The predicted molar refractivity (Wildman–Crippen MR) is 58.0 cm³/mol. The van der Waals surface area contributed by atoms with Crippen LogP contribution in [0.15, 0.2) is 6.20 Å². The summed E-state index contributed by atoms with van der Waals surface area (Å²) in [5, 5.41) is 8.77. The molecule has 0 unspecified atom stereocenters. The maximum Gasteiger partial charge on any atom is 0.236 e. The number of aromatic nitrogens is 2. The SMILES string of the molecule is CC.CC(C)(C)c1cnc(F)c(CO)n1. The number of nitrogens with zero attached hydrogens (tertiary/aromatic N) is 2. The molecule has 1 aromatic rings. The van der Waals surface area contributed by atoms with Gasteiger partial charge in [0.15, 0.2) is 0 Å². The highest BCUT2D eigenvalue weighted by molar-refractivity contribution is 5.12. The Morgan fingerprint density at radius 1 is 1.33 bits per heavy atom. The third kappa shape index (κ3) is 3.91. The van der Waals surface area contributed by atoms with Crippen LogP contribution in [0.25, 0.3) is 0 Å². The van der Waals surface area contributed by atoms with Crippen molar-refractivity contribution in [3.63, 3.8) is 0 Å². The molecule has 1 rings (SSSR count). The van der Waals surface area contributed by atoms with Crippen LogP contribution in [0.1, 0.15) is 46.0 Å². The number of rotatable bonds is 1. The summed E-state index contributed by atoms with van der Waals surface area (Å²) >= 11 is 0. The van der Waals surface area contributed by atoms with Gasteiger partial charge in [-0.15, -0.1) is 0 Å². The second-order valence-corrected chi connectivity index (χ2v) is 3.90. The monoisotopic (exact) mass is 214 g/mol. The molecule has 15 heavy (non-hydrogen) atoms. The van der Waals surface area contributed by atoms with E-state index in [1.807, 2.05) is 34.6 Å². The molecule has 4 heteroatoms. The summed E-state index contributed by atoms with van der Waals surface area (Å²) in [6, 6.07) is 0. The molecular weight excluding hydrogens is 195 g/mol. The number of hydrogen-bond donors (Lipinski definition) is 1. The lowest BCUT2D eigenvalue weighted by Gasteiger charge is -2.17. The second kappa shape index (κ2) is 5.75. The van der Waals surface area contributed by atoms with Gasteiger partial charge >= 0.3 is 0 Å². The summed E-state index contributed by atoms with van der Waals surface area (Å²) in [6.45, 7) is 9.45. The van der Waals surface area contributed by atoms with Gasteiger partial charge in [0.1, 0.15) is 5.69 Å². The van der Waals surface area contributed by atoms with Gasteiger partial charge in [0.2, 0.25) is 5.95 Å². The Bertz CT molecular complexity index is 308. The fourth-order valence-electron chi connectivity index (χ4n) is 0.875. The molecule has 0 saturated heterocycles. The number of hydrogen-bond acceptors (Lipinski definition) is 3. The molecule has 0 aromatic carbocycles. The van der Waals surface area contributed by atoms with Crippen molar-refractivity contribution >= 4 is 0 Å². The van der Waals surface area contributed by atoms with Crippen LogP contribution >= 0.6 is 0 Å². The molecule has 0 aliphatic heterocycles. The van der Waals surface area contributed by atoms with Crippen LogP contribution in [0.3, 0.4) is 0 Å². The van der Waals surface area contributed by atoms with Gasteiger partial charge < -0.3 is 5.11 Å². The van der Waals surface area contributed by atoms with Crippen LogP contribution in [-0.4, -0.2) is 15.1 Å². The van der Waals surface area contributed by atoms with Crippen LogP contribution < -0.4 is 0 Å². The number of halogens is 1. The summed E-state index contributed by atoms with van der Waals surface area (Å²) in [6.07, 6.45) is 1.40. The molecule has 0 atom stereocenters. The van der Waals surface area contributed by atoms with Gasteiger partial charge in [-0.05, 0) is 0 Å². The molecule has 0 bridgehead atoms. The van der Waals surface area contributed by atoms with E-state index >= 15 is 0 Å². The Labute approximate surface area is 90.4 Å². The molecular formula is C11H19FN2O. The minimum Gasteiger partial charge on any atom is -0.390 e. The molecule has 0 radical (unpaired) electrons. The Kier molecular flexibility index (Phi) is 5.36. The zero-order valence-corrected chi connectivity index (χ0v) is 10.0. The molecule has 0 fully saturated rings. The van der Waals surface area contributed by atoms with E-state index in [1.165, 1.54) is 6.20 Å². The minimum atomic E-state index is -0.699. The van der Waals surface area contributed by atoms with Gasteiger partial charge in [-0.3, -0.25) is 0 Å². The van der Waals surface area contributed by atoms with Crippen molar-refractivity contribution in [2.75, 3.05) is 0 Å². The standard InChI is InChI=1S/C9H13FN2O.C2H6/c1-9(2,3)7-4-11-8(10)6(5-13)12-7;1-2/h4,13H,5H2,1-3H3;1-2H3. The van der Waals surface area contributed by atoms with Crippen molar-refractivity contribution in [2.45, 2.75) is 46.6 Å². The fourth-order valence-corrected chi connectivity index (χ4v) is 0.875. The molecule has 0 aliphatic rings. The third-order valence-corrected chi connectivity index (χ3v) is 1.71. The molecule has 3 nitrogen and oxygen atoms in total.